The third kappa shape index (κ3) is 1.97. The maximum absolute atomic E-state index is 10.8. The molecule has 15 heavy (non-hydrogen) atoms. The number of rotatable bonds is 1. The summed E-state index contributed by atoms with van der Waals surface area (Å²) in [5, 5.41) is 3.01. The van der Waals surface area contributed by atoms with Crippen LogP contribution < -0.4 is 14.7 Å². The smallest absolute Gasteiger partial charge is 0.247 e. The Labute approximate surface area is 91.1 Å². The second kappa shape index (κ2) is 3.71. The number of carbonyl (C=O) groups excluding carboxylic acids is 1. The van der Waals surface area contributed by atoms with Gasteiger partial charge in [-0.3, -0.25) is 0 Å². The Morgan fingerprint density at radius 2 is 2.27 bits per heavy atom. The summed E-state index contributed by atoms with van der Waals surface area (Å²) >= 11 is 5.85. The van der Waals surface area contributed by atoms with Gasteiger partial charge in [-0.25, -0.2) is 9.46 Å². The number of hydrogen-bond donors (Lipinski definition) is 1. The first-order valence-corrected chi connectivity index (χ1v) is 4.73. The Morgan fingerprint density at radius 1 is 1.47 bits per heavy atom. The molecular weight excluding hydrogens is 214 g/mol. The summed E-state index contributed by atoms with van der Waals surface area (Å²) in [5.41, 5.74) is 1.48. The lowest BCUT2D eigenvalue weighted by Gasteiger charge is -1.82. The third-order valence-electron chi connectivity index (χ3n) is 1.87. The number of carbonyl (C=O) groups is 1. The number of halogens is 1. The summed E-state index contributed by atoms with van der Waals surface area (Å²) in [5.74, 6) is 0.376. The number of allylic oxidation sites excluding steroid dienone is 3. The van der Waals surface area contributed by atoms with E-state index in [1.54, 1.807) is 24.4 Å². The van der Waals surface area contributed by atoms with Crippen molar-refractivity contribution in [1.29, 1.82) is 0 Å². The van der Waals surface area contributed by atoms with Gasteiger partial charge in [0.1, 0.15) is 5.57 Å². The Bertz CT molecular complexity index is 527. The molecule has 2 rings (SSSR count). The summed E-state index contributed by atoms with van der Waals surface area (Å²) in [6.07, 6.45) is 6.90. The average molecular weight is 222 g/mol. The average Bonchev–Trinajstić information content (AvgIpc) is 2.72. The van der Waals surface area contributed by atoms with E-state index < -0.39 is 0 Å². The molecule has 2 heterocycles. The van der Waals surface area contributed by atoms with Gasteiger partial charge >= 0.3 is 16.9 Å². The molecule has 74 valence electrons. The Kier molecular flexibility index (Phi) is 2.40. The van der Waals surface area contributed by atoms with E-state index in [1.165, 1.54) is 6.92 Å². The van der Waals surface area contributed by atoms with Gasteiger partial charge in [-0.2, -0.15) is 5.32 Å². The van der Waals surface area contributed by atoms with Crippen LogP contribution >= 0.6 is 11.6 Å². The second-order valence-corrected chi connectivity index (χ2v) is 3.40. The number of amidine groups is 1. The van der Waals surface area contributed by atoms with E-state index in [2.05, 4.69) is 14.7 Å². The van der Waals surface area contributed by atoms with Gasteiger partial charge in [0.15, 0.2) is 0 Å². The van der Waals surface area contributed by atoms with Gasteiger partial charge in [0.2, 0.25) is 5.71 Å². The zero-order valence-corrected chi connectivity index (χ0v) is 8.75. The van der Waals surface area contributed by atoms with Gasteiger partial charge in [-0.1, -0.05) is 4.67 Å². The quantitative estimate of drug-likeness (QED) is 0.586. The molecule has 0 saturated heterocycles. The molecule has 0 saturated carbocycles. The molecule has 5 heteroatoms. The highest BCUT2D eigenvalue weighted by molar-refractivity contribution is 6.73. The lowest BCUT2D eigenvalue weighted by Crippen LogP contribution is -2.27. The lowest BCUT2D eigenvalue weighted by atomic mass is 10.2. The van der Waals surface area contributed by atoms with E-state index in [9.17, 15) is 4.79 Å². The summed E-state index contributed by atoms with van der Waals surface area (Å²) in [7, 11) is 0. The van der Waals surface area contributed by atoms with E-state index in [0.717, 1.165) is 5.57 Å². The Balaban J connectivity index is 2.27. The Morgan fingerprint density at radius 3 is 2.87 bits per heavy atom. The minimum Gasteiger partial charge on any atom is -0.247 e. The van der Waals surface area contributed by atoms with Crippen molar-refractivity contribution in [3.8, 4) is 0 Å². The molecule has 0 fully saturated rings. The molecule has 1 amide bonds. The largest absolute Gasteiger partial charge is 0.408 e. The van der Waals surface area contributed by atoms with Gasteiger partial charge in [-0.15, -0.1) is 0 Å². The van der Waals surface area contributed by atoms with E-state index >= 15 is 0 Å². The van der Waals surface area contributed by atoms with Crippen LogP contribution in [0.5, 0.6) is 0 Å². The van der Waals surface area contributed by atoms with Crippen LogP contribution in [0.2, 0.25) is 0 Å². The highest BCUT2D eigenvalue weighted by Crippen LogP contribution is 2.06. The zero-order chi connectivity index (χ0) is 10.8. The van der Waals surface area contributed by atoms with Gasteiger partial charge in [0.25, 0.3) is 6.21 Å². The number of nitrogens with zero attached hydrogens (tertiary/aromatic N) is 2. The summed E-state index contributed by atoms with van der Waals surface area (Å²) in [4.78, 5) is 10.8. The monoisotopic (exact) mass is 221 g/mol. The molecule has 4 nitrogen and oxygen atoms in total. The summed E-state index contributed by atoms with van der Waals surface area (Å²) < 4.78 is 8.10. The predicted octanol–water partition coefficient (Wildman–Crippen LogP) is -0.686. The fourth-order valence-electron chi connectivity index (χ4n) is 1.27. The maximum Gasteiger partial charge on any atom is 0.408 e. The molecule has 2 aliphatic rings. The van der Waals surface area contributed by atoms with Crippen LogP contribution in [0, 0.1) is 0 Å². The maximum atomic E-state index is 10.8. The molecule has 0 atom stereocenters. The van der Waals surface area contributed by atoms with E-state index in [-0.39, 0.29) is 5.91 Å². The fourth-order valence-corrected chi connectivity index (χ4v) is 1.48. The first-order chi connectivity index (χ1) is 7.16. The van der Waals surface area contributed by atoms with Crippen LogP contribution in [0.25, 0.3) is 0 Å². The molecule has 0 unspecified atom stereocenters. The van der Waals surface area contributed by atoms with Crippen molar-refractivity contribution in [3.63, 3.8) is 0 Å². The first-order valence-electron chi connectivity index (χ1n) is 4.35. The summed E-state index contributed by atoms with van der Waals surface area (Å²) in [6.45, 7) is 1.44. The van der Waals surface area contributed by atoms with Crippen LogP contribution in [0.1, 0.15) is 6.92 Å². The first kappa shape index (κ1) is 9.69. The molecule has 0 radical (unpaired) electrons. The Hall–Kier alpha value is -1.86. The van der Waals surface area contributed by atoms with Gasteiger partial charge in [0, 0.05) is 30.7 Å². The topological polar surface area (TPSA) is 57.3 Å². The molecule has 0 aromatic carbocycles. The van der Waals surface area contributed by atoms with Crippen molar-refractivity contribution in [3.05, 3.63) is 23.8 Å². The van der Waals surface area contributed by atoms with Gasteiger partial charge in [-0.05, 0) is 0 Å². The van der Waals surface area contributed by atoms with Crippen molar-refractivity contribution in [2.45, 2.75) is 6.92 Å². The normalized spacial score (nSPS) is 17.2. The highest BCUT2D eigenvalue weighted by Gasteiger charge is 2.28. The molecule has 0 spiro atoms. The summed E-state index contributed by atoms with van der Waals surface area (Å²) in [6, 6.07) is 0. The SMILES string of the molecule is CC(=O)NC1=[N+]=C(C2=CC=[N+]=C2Cl)C=C1. The van der Waals surface area contributed by atoms with Crippen LogP contribution in [-0.4, -0.2) is 28.8 Å². The molecule has 1 N–H and O–H groups in total. The third-order valence-corrected chi connectivity index (χ3v) is 2.17. The van der Waals surface area contributed by atoms with E-state index in [4.69, 9.17) is 11.6 Å². The van der Waals surface area contributed by atoms with Crippen LogP contribution in [0.15, 0.2) is 23.8 Å². The van der Waals surface area contributed by atoms with Crippen molar-refractivity contribution in [2.24, 2.45) is 0 Å². The molecule has 2 aliphatic heterocycles. The van der Waals surface area contributed by atoms with Crippen LogP contribution in [0.4, 0.5) is 0 Å². The minimum absolute atomic E-state index is 0.147. The standard InChI is InChI=1S/C10H7ClN3O/c1-6(15)13-9-3-2-8(14-9)7-4-5-12-10(7)11/h2-5H,1H3/q+1/p+1. The molecule has 0 aliphatic carbocycles. The predicted molar refractivity (Wildman–Crippen MR) is 62.2 cm³/mol. The van der Waals surface area contributed by atoms with Crippen molar-refractivity contribution in [1.82, 2.24) is 14.7 Å². The molecule has 0 bridgehead atoms. The van der Waals surface area contributed by atoms with Crippen molar-refractivity contribution >= 4 is 40.4 Å². The molecule has 0 aromatic rings. The lowest BCUT2D eigenvalue weighted by molar-refractivity contribution is -0.117. The van der Waals surface area contributed by atoms with Gasteiger partial charge in [0.05, 0.1) is 6.08 Å². The van der Waals surface area contributed by atoms with Crippen molar-refractivity contribution < 1.29 is 4.79 Å². The number of nitrogens with one attached hydrogen (secondary N) is 1. The zero-order valence-electron chi connectivity index (χ0n) is 7.99. The van der Waals surface area contributed by atoms with Crippen LogP contribution in [-0.2, 0) is 4.79 Å². The molecule has 0 aromatic heterocycles. The number of amides is 1. The highest BCUT2D eigenvalue weighted by atomic mass is 35.5. The number of hydrogen-bond acceptors (Lipinski definition) is 1. The minimum atomic E-state index is -0.147. The second-order valence-electron chi connectivity index (χ2n) is 3.05. The van der Waals surface area contributed by atoms with E-state index in [0.29, 0.717) is 16.7 Å². The van der Waals surface area contributed by atoms with Crippen LogP contribution in [0.3, 0.4) is 0 Å². The fraction of sp³-hybridized carbons (Fsp3) is 0.100. The van der Waals surface area contributed by atoms with E-state index in [1.807, 2.05) is 0 Å². The van der Waals surface area contributed by atoms with Crippen molar-refractivity contribution in [2.75, 3.05) is 0 Å². The molecular formula is C10H8ClN3O+2. The van der Waals surface area contributed by atoms with Gasteiger partial charge < -0.3 is 0 Å².